The lowest BCUT2D eigenvalue weighted by Crippen LogP contribution is -2.15. The molecule has 0 bridgehead atoms. The van der Waals surface area contributed by atoms with Crippen LogP contribution in [0.15, 0.2) is 54.7 Å². The highest BCUT2D eigenvalue weighted by Gasteiger charge is 2.12. The van der Waals surface area contributed by atoms with Crippen LogP contribution in [-0.2, 0) is 0 Å². The first-order chi connectivity index (χ1) is 12.9. The van der Waals surface area contributed by atoms with Crippen LogP contribution in [0.2, 0.25) is 5.02 Å². The van der Waals surface area contributed by atoms with Crippen molar-refractivity contribution >= 4 is 40.6 Å². The number of anilines is 3. The molecule has 2 aromatic carbocycles. The number of carbonyl (C=O) groups excluding carboxylic acids is 2. The fourth-order valence-corrected chi connectivity index (χ4v) is 2.59. The van der Waals surface area contributed by atoms with Crippen molar-refractivity contribution in [3.05, 3.63) is 76.6 Å². The van der Waals surface area contributed by atoms with Crippen LogP contribution in [0, 0.1) is 6.92 Å². The van der Waals surface area contributed by atoms with E-state index in [-0.39, 0.29) is 23.3 Å². The molecule has 0 saturated heterocycles. The molecule has 1 amide bonds. The molecule has 0 atom stereocenters. The van der Waals surface area contributed by atoms with Crippen molar-refractivity contribution in [1.29, 1.82) is 0 Å². The van der Waals surface area contributed by atoms with Gasteiger partial charge in [-0.2, -0.15) is 0 Å². The molecule has 0 radical (unpaired) electrons. The molecular weight excluding hydrogens is 364 g/mol. The van der Waals surface area contributed by atoms with E-state index < -0.39 is 0 Å². The number of halogens is 1. The van der Waals surface area contributed by atoms with Crippen LogP contribution in [-0.4, -0.2) is 21.7 Å². The Morgan fingerprint density at radius 2 is 1.85 bits per heavy atom. The second-order valence-electron chi connectivity index (χ2n) is 5.89. The zero-order valence-electron chi connectivity index (χ0n) is 14.8. The summed E-state index contributed by atoms with van der Waals surface area (Å²) in [7, 11) is 0. The van der Waals surface area contributed by atoms with Crippen LogP contribution in [0.25, 0.3) is 0 Å². The number of rotatable bonds is 5. The van der Waals surface area contributed by atoms with Crippen molar-refractivity contribution in [2.45, 2.75) is 13.8 Å². The van der Waals surface area contributed by atoms with E-state index >= 15 is 0 Å². The summed E-state index contributed by atoms with van der Waals surface area (Å²) >= 11 is 6.08. The lowest BCUT2D eigenvalue weighted by Gasteiger charge is -2.10. The number of benzene rings is 2. The number of ketones is 1. The minimum absolute atomic E-state index is 0.0374. The van der Waals surface area contributed by atoms with Crippen molar-refractivity contribution in [3.63, 3.8) is 0 Å². The smallest absolute Gasteiger partial charge is 0.274 e. The van der Waals surface area contributed by atoms with E-state index in [9.17, 15) is 9.59 Å². The fraction of sp³-hybridized carbons (Fsp3) is 0.100. The molecule has 27 heavy (non-hydrogen) atoms. The van der Waals surface area contributed by atoms with Crippen LogP contribution in [0.4, 0.5) is 17.3 Å². The summed E-state index contributed by atoms with van der Waals surface area (Å²) < 4.78 is 0. The summed E-state index contributed by atoms with van der Waals surface area (Å²) in [5.74, 6) is -0.154. The Kier molecular flexibility index (Phi) is 5.47. The third-order valence-electron chi connectivity index (χ3n) is 3.93. The standard InChI is InChI=1S/C20H17ClN4O2/c1-12-16(21)7-4-8-17(12)24-19(27)18-9-10-22-20(25-18)23-15-6-3-5-14(11-15)13(2)26/h3-11H,1-2H3,(H,24,27)(H,22,23,25). The maximum Gasteiger partial charge on any atom is 0.274 e. The zero-order chi connectivity index (χ0) is 19.4. The lowest BCUT2D eigenvalue weighted by molar-refractivity contribution is 0.101. The number of nitrogens with one attached hydrogen (secondary N) is 2. The van der Waals surface area contributed by atoms with Crippen molar-refractivity contribution in [1.82, 2.24) is 9.97 Å². The van der Waals surface area contributed by atoms with Gasteiger partial charge in [0.2, 0.25) is 5.95 Å². The van der Waals surface area contributed by atoms with Crippen LogP contribution < -0.4 is 10.6 Å². The Balaban J connectivity index is 1.79. The third-order valence-corrected chi connectivity index (χ3v) is 4.34. The van der Waals surface area contributed by atoms with E-state index in [4.69, 9.17) is 11.6 Å². The average Bonchev–Trinajstić information content (AvgIpc) is 2.66. The highest BCUT2D eigenvalue weighted by molar-refractivity contribution is 6.31. The Hall–Kier alpha value is -3.25. The Labute approximate surface area is 161 Å². The van der Waals surface area contributed by atoms with Crippen molar-refractivity contribution < 1.29 is 9.59 Å². The van der Waals surface area contributed by atoms with Gasteiger partial charge in [0, 0.05) is 28.2 Å². The summed E-state index contributed by atoms with van der Waals surface area (Å²) in [4.78, 5) is 32.4. The zero-order valence-corrected chi connectivity index (χ0v) is 15.5. The van der Waals surface area contributed by atoms with Gasteiger partial charge in [0.25, 0.3) is 5.91 Å². The first-order valence-corrected chi connectivity index (χ1v) is 8.59. The maximum atomic E-state index is 12.5. The summed E-state index contributed by atoms with van der Waals surface area (Å²) in [6, 6.07) is 13.8. The number of Topliss-reactive ketones (excluding diaryl/α,β-unsaturated/α-hetero) is 1. The van der Waals surface area contributed by atoms with Gasteiger partial charge >= 0.3 is 0 Å². The minimum Gasteiger partial charge on any atom is -0.324 e. The topological polar surface area (TPSA) is 84.0 Å². The molecule has 0 fully saturated rings. The van der Waals surface area contributed by atoms with E-state index in [1.807, 2.05) is 6.92 Å². The van der Waals surface area contributed by atoms with Gasteiger partial charge in [0.15, 0.2) is 5.78 Å². The molecular formula is C20H17ClN4O2. The molecule has 0 aliphatic carbocycles. The Morgan fingerprint density at radius 1 is 1.07 bits per heavy atom. The second kappa shape index (κ2) is 7.97. The van der Waals surface area contributed by atoms with E-state index in [1.54, 1.807) is 42.5 Å². The monoisotopic (exact) mass is 380 g/mol. The first-order valence-electron chi connectivity index (χ1n) is 8.21. The molecule has 7 heteroatoms. The quantitative estimate of drug-likeness (QED) is 0.630. The second-order valence-corrected chi connectivity index (χ2v) is 6.30. The summed E-state index contributed by atoms with van der Waals surface area (Å²) in [5.41, 5.74) is 2.83. The van der Waals surface area contributed by atoms with E-state index in [0.29, 0.717) is 22.0 Å². The van der Waals surface area contributed by atoms with Crippen LogP contribution >= 0.6 is 11.6 Å². The SMILES string of the molecule is CC(=O)c1cccc(Nc2nccc(C(=O)Nc3cccc(Cl)c3C)n2)c1. The van der Waals surface area contributed by atoms with Gasteiger partial charge in [-0.3, -0.25) is 9.59 Å². The van der Waals surface area contributed by atoms with Gasteiger partial charge in [-0.25, -0.2) is 9.97 Å². The number of aromatic nitrogens is 2. The van der Waals surface area contributed by atoms with Crippen LogP contribution in [0.3, 0.4) is 0 Å². The summed E-state index contributed by atoms with van der Waals surface area (Å²) in [6.45, 7) is 3.32. The van der Waals surface area contributed by atoms with Gasteiger partial charge in [-0.05, 0) is 49.7 Å². The van der Waals surface area contributed by atoms with Gasteiger partial charge in [-0.1, -0.05) is 29.8 Å². The number of amides is 1. The molecule has 0 aliphatic heterocycles. The number of hydrogen-bond donors (Lipinski definition) is 2. The molecule has 0 saturated carbocycles. The highest BCUT2D eigenvalue weighted by Crippen LogP contribution is 2.23. The van der Waals surface area contributed by atoms with Crippen molar-refractivity contribution in [2.75, 3.05) is 10.6 Å². The molecule has 0 aliphatic rings. The molecule has 1 heterocycles. The summed E-state index contributed by atoms with van der Waals surface area (Å²) in [5, 5.41) is 6.37. The van der Waals surface area contributed by atoms with Crippen LogP contribution in [0.5, 0.6) is 0 Å². The van der Waals surface area contributed by atoms with E-state index in [2.05, 4.69) is 20.6 Å². The largest absolute Gasteiger partial charge is 0.324 e. The molecule has 1 aromatic heterocycles. The van der Waals surface area contributed by atoms with Gasteiger partial charge in [0.1, 0.15) is 5.69 Å². The maximum absolute atomic E-state index is 12.5. The van der Waals surface area contributed by atoms with Gasteiger partial charge in [-0.15, -0.1) is 0 Å². The van der Waals surface area contributed by atoms with Crippen LogP contribution in [0.1, 0.15) is 33.3 Å². The molecule has 2 N–H and O–H groups in total. The minimum atomic E-state index is -0.372. The first kappa shape index (κ1) is 18.5. The molecule has 6 nitrogen and oxygen atoms in total. The summed E-state index contributed by atoms with van der Waals surface area (Å²) in [6.07, 6.45) is 1.49. The third kappa shape index (κ3) is 4.48. The van der Waals surface area contributed by atoms with E-state index in [1.165, 1.54) is 19.2 Å². The van der Waals surface area contributed by atoms with Crippen molar-refractivity contribution in [3.8, 4) is 0 Å². The predicted octanol–water partition coefficient (Wildman–Crippen LogP) is 4.64. The average molecular weight is 381 g/mol. The lowest BCUT2D eigenvalue weighted by atomic mass is 10.1. The molecule has 0 unspecified atom stereocenters. The Morgan fingerprint density at radius 3 is 2.63 bits per heavy atom. The molecule has 0 spiro atoms. The normalized spacial score (nSPS) is 10.3. The number of hydrogen-bond acceptors (Lipinski definition) is 5. The van der Waals surface area contributed by atoms with E-state index in [0.717, 1.165) is 5.56 Å². The predicted molar refractivity (Wildman–Crippen MR) is 106 cm³/mol. The number of carbonyl (C=O) groups is 2. The number of nitrogens with zero attached hydrogens (tertiary/aromatic N) is 2. The highest BCUT2D eigenvalue weighted by atomic mass is 35.5. The molecule has 3 aromatic rings. The molecule has 136 valence electrons. The fourth-order valence-electron chi connectivity index (χ4n) is 2.42. The van der Waals surface area contributed by atoms with Gasteiger partial charge in [0.05, 0.1) is 0 Å². The molecule has 3 rings (SSSR count). The van der Waals surface area contributed by atoms with Crippen molar-refractivity contribution in [2.24, 2.45) is 0 Å². The Bertz CT molecular complexity index is 1020. The van der Waals surface area contributed by atoms with Gasteiger partial charge < -0.3 is 10.6 Å².